The van der Waals surface area contributed by atoms with Crippen LogP contribution in [-0.4, -0.2) is 35.1 Å². The van der Waals surface area contributed by atoms with Gasteiger partial charge < -0.3 is 15.3 Å². The van der Waals surface area contributed by atoms with Gasteiger partial charge in [0.2, 0.25) is 0 Å². The third kappa shape index (κ3) is 4.04. The molecule has 3 N–H and O–H groups in total. The van der Waals surface area contributed by atoms with Gasteiger partial charge in [-0.15, -0.1) is 0 Å². The van der Waals surface area contributed by atoms with Crippen molar-refractivity contribution in [1.29, 1.82) is 0 Å². The highest BCUT2D eigenvalue weighted by atomic mass is 16.3. The van der Waals surface area contributed by atoms with Gasteiger partial charge in [0, 0.05) is 25.7 Å². The molecule has 74 valence electrons. The average molecular weight is 176 g/mol. The summed E-state index contributed by atoms with van der Waals surface area (Å²) in [5.41, 5.74) is 0. The van der Waals surface area contributed by atoms with Crippen LogP contribution < -0.4 is 0 Å². The third-order valence-electron chi connectivity index (χ3n) is 2.14. The van der Waals surface area contributed by atoms with E-state index in [4.69, 9.17) is 15.3 Å². The van der Waals surface area contributed by atoms with E-state index in [0.717, 1.165) is 6.42 Å². The van der Waals surface area contributed by atoms with Crippen LogP contribution in [0.2, 0.25) is 0 Å². The Labute approximate surface area is 74.0 Å². The van der Waals surface area contributed by atoms with Crippen LogP contribution in [0, 0.1) is 17.8 Å². The van der Waals surface area contributed by atoms with Crippen molar-refractivity contribution in [3.05, 3.63) is 0 Å². The van der Waals surface area contributed by atoms with Crippen LogP contribution in [0.3, 0.4) is 0 Å². The Morgan fingerprint density at radius 2 is 1.25 bits per heavy atom. The molecule has 0 bridgehead atoms. The van der Waals surface area contributed by atoms with E-state index in [2.05, 4.69) is 13.8 Å². The van der Waals surface area contributed by atoms with E-state index in [-0.39, 0.29) is 31.7 Å². The molecular formula is C9H20O3. The van der Waals surface area contributed by atoms with E-state index in [0.29, 0.717) is 5.92 Å². The van der Waals surface area contributed by atoms with Crippen LogP contribution in [0.5, 0.6) is 0 Å². The maximum absolute atomic E-state index is 8.99. The lowest BCUT2D eigenvalue weighted by atomic mass is 9.87. The minimum atomic E-state index is -0.169. The molecule has 0 radical (unpaired) electrons. The van der Waals surface area contributed by atoms with Gasteiger partial charge in [0.05, 0.1) is 0 Å². The zero-order chi connectivity index (χ0) is 9.56. The Morgan fingerprint density at radius 1 is 0.833 bits per heavy atom. The molecule has 0 saturated heterocycles. The quantitative estimate of drug-likeness (QED) is 0.543. The molecular weight excluding hydrogens is 156 g/mol. The standard InChI is InChI=1S/C9H20O3/c1-7(2)3-8(4-10)9(5-11)6-12/h7-12H,3-6H2,1-2H3. The molecule has 0 aliphatic rings. The summed E-state index contributed by atoms with van der Waals surface area (Å²) in [6.07, 6.45) is 0.849. The van der Waals surface area contributed by atoms with Gasteiger partial charge >= 0.3 is 0 Å². The molecule has 0 heterocycles. The molecule has 0 amide bonds. The summed E-state index contributed by atoms with van der Waals surface area (Å²) in [4.78, 5) is 0. The predicted octanol–water partition coefficient (Wildman–Crippen LogP) is 0.242. The normalized spacial score (nSPS) is 14.2. The lowest BCUT2D eigenvalue weighted by Crippen LogP contribution is -2.26. The molecule has 1 unspecified atom stereocenters. The fourth-order valence-electron chi connectivity index (χ4n) is 1.38. The Kier molecular flexibility index (Phi) is 6.34. The molecule has 0 aliphatic carbocycles. The lowest BCUT2D eigenvalue weighted by molar-refractivity contribution is 0.0631. The van der Waals surface area contributed by atoms with Crippen molar-refractivity contribution in [1.82, 2.24) is 0 Å². The van der Waals surface area contributed by atoms with Crippen LogP contribution in [0.1, 0.15) is 20.3 Å². The Bertz CT molecular complexity index is 99.9. The molecule has 0 spiro atoms. The van der Waals surface area contributed by atoms with Crippen LogP contribution in [-0.2, 0) is 0 Å². The van der Waals surface area contributed by atoms with Gasteiger partial charge in [0.1, 0.15) is 0 Å². The van der Waals surface area contributed by atoms with Crippen LogP contribution in [0.25, 0.3) is 0 Å². The first-order valence-corrected chi connectivity index (χ1v) is 4.48. The lowest BCUT2D eigenvalue weighted by Gasteiger charge is -2.23. The number of hydrogen-bond acceptors (Lipinski definition) is 3. The first-order valence-electron chi connectivity index (χ1n) is 4.48. The van der Waals surface area contributed by atoms with E-state index >= 15 is 0 Å². The molecule has 0 aromatic carbocycles. The second kappa shape index (κ2) is 6.40. The van der Waals surface area contributed by atoms with Crippen molar-refractivity contribution >= 4 is 0 Å². The smallest absolute Gasteiger partial charge is 0.0484 e. The molecule has 0 aromatic heterocycles. The fraction of sp³-hybridized carbons (Fsp3) is 1.00. The van der Waals surface area contributed by atoms with Gasteiger partial charge in [0.25, 0.3) is 0 Å². The van der Waals surface area contributed by atoms with E-state index in [1.54, 1.807) is 0 Å². The van der Waals surface area contributed by atoms with Crippen molar-refractivity contribution in [2.45, 2.75) is 20.3 Å². The van der Waals surface area contributed by atoms with Gasteiger partial charge in [-0.25, -0.2) is 0 Å². The number of aliphatic hydroxyl groups is 3. The maximum Gasteiger partial charge on any atom is 0.0484 e. The fourth-order valence-corrected chi connectivity index (χ4v) is 1.38. The van der Waals surface area contributed by atoms with Gasteiger partial charge in [-0.1, -0.05) is 13.8 Å². The van der Waals surface area contributed by atoms with Gasteiger partial charge in [-0.3, -0.25) is 0 Å². The molecule has 1 atom stereocenters. The molecule has 3 heteroatoms. The highest BCUT2D eigenvalue weighted by Gasteiger charge is 2.20. The Morgan fingerprint density at radius 3 is 1.50 bits per heavy atom. The largest absolute Gasteiger partial charge is 0.396 e. The zero-order valence-corrected chi connectivity index (χ0v) is 7.90. The molecule has 0 aliphatic heterocycles. The number of hydrogen-bond donors (Lipinski definition) is 3. The maximum atomic E-state index is 8.99. The Hall–Kier alpha value is -0.120. The molecule has 0 fully saturated rings. The second-order valence-electron chi connectivity index (χ2n) is 3.70. The molecule has 12 heavy (non-hydrogen) atoms. The molecule has 0 saturated carbocycles. The van der Waals surface area contributed by atoms with Gasteiger partial charge in [-0.2, -0.15) is 0 Å². The SMILES string of the molecule is CC(C)CC(CO)C(CO)CO. The summed E-state index contributed by atoms with van der Waals surface area (Å²) in [7, 11) is 0. The predicted molar refractivity (Wildman–Crippen MR) is 47.7 cm³/mol. The topological polar surface area (TPSA) is 60.7 Å². The minimum Gasteiger partial charge on any atom is -0.396 e. The minimum absolute atomic E-state index is 0.0278. The highest BCUT2D eigenvalue weighted by molar-refractivity contribution is 4.69. The molecule has 0 aromatic rings. The van der Waals surface area contributed by atoms with E-state index < -0.39 is 0 Å². The average Bonchev–Trinajstić information content (AvgIpc) is 2.04. The van der Waals surface area contributed by atoms with Crippen molar-refractivity contribution in [3.8, 4) is 0 Å². The summed E-state index contributed by atoms with van der Waals surface area (Å²) < 4.78 is 0. The van der Waals surface area contributed by atoms with E-state index in [1.165, 1.54) is 0 Å². The first-order chi connectivity index (χ1) is 5.65. The summed E-state index contributed by atoms with van der Waals surface area (Å²) in [5, 5.41) is 26.7. The third-order valence-corrected chi connectivity index (χ3v) is 2.14. The van der Waals surface area contributed by atoms with Gasteiger partial charge in [0.15, 0.2) is 0 Å². The van der Waals surface area contributed by atoms with Crippen molar-refractivity contribution in [2.24, 2.45) is 17.8 Å². The zero-order valence-electron chi connectivity index (χ0n) is 7.90. The van der Waals surface area contributed by atoms with E-state index in [1.807, 2.05) is 0 Å². The first kappa shape index (κ1) is 11.9. The summed E-state index contributed by atoms with van der Waals surface area (Å²) in [5.74, 6) is 0.347. The second-order valence-corrected chi connectivity index (χ2v) is 3.70. The van der Waals surface area contributed by atoms with Crippen LogP contribution in [0.15, 0.2) is 0 Å². The Balaban J connectivity index is 3.92. The van der Waals surface area contributed by atoms with Gasteiger partial charge in [-0.05, 0) is 18.3 Å². The highest BCUT2D eigenvalue weighted by Crippen LogP contribution is 2.19. The summed E-state index contributed by atoms with van der Waals surface area (Å²) in [6.45, 7) is 4.08. The number of rotatable bonds is 6. The van der Waals surface area contributed by atoms with Crippen molar-refractivity contribution < 1.29 is 15.3 Å². The monoisotopic (exact) mass is 176 g/mol. The van der Waals surface area contributed by atoms with Crippen LogP contribution in [0.4, 0.5) is 0 Å². The number of aliphatic hydroxyl groups excluding tert-OH is 3. The van der Waals surface area contributed by atoms with E-state index in [9.17, 15) is 0 Å². The molecule has 0 rings (SSSR count). The van der Waals surface area contributed by atoms with Crippen molar-refractivity contribution in [3.63, 3.8) is 0 Å². The molecule has 3 nitrogen and oxygen atoms in total. The van der Waals surface area contributed by atoms with Crippen molar-refractivity contribution in [2.75, 3.05) is 19.8 Å². The van der Waals surface area contributed by atoms with Crippen LogP contribution >= 0.6 is 0 Å². The summed E-state index contributed by atoms with van der Waals surface area (Å²) in [6, 6.07) is 0. The summed E-state index contributed by atoms with van der Waals surface area (Å²) >= 11 is 0.